The summed E-state index contributed by atoms with van der Waals surface area (Å²) < 4.78 is 29.4. The third-order valence-corrected chi connectivity index (χ3v) is 6.48. The molecule has 0 aromatic rings. The van der Waals surface area contributed by atoms with Crippen molar-refractivity contribution in [2.24, 2.45) is 5.92 Å². The Morgan fingerprint density at radius 3 is 2.32 bits per heavy atom. The molecule has 1 saturated heterocycles. The van der Waals surface area contributed by atoms with Crippen LogP contribution < -0.4 is 10.0 Å². The Hall–Kier alpha value is -0.170. The first-order valence-corrected chi connectivity index (χ1v) is 8.89. The molecule has 5 nitrogen and oxygen atoms in total. The first kappa shape index (κ1) is 15.2. The molecule has 2 rings (SSSR count). The van der Waals surface area contributed by atoms with Crippen molar-refractivity contribution in [3.8, 4) is 0 Å². The molecule has 0 bridgehead atoms. The molecule has 0 aromatic heterocycles. The topological polar surface area (TPSA) is 61.4 Å². The maximum absolute atomic E-state index is 12.4. The van der Waals surface area contributed by atoms with Crippen LogP contribution in [0.4, 0.5) is 0 Å². The minimum absolute atomic E-state index is 0.152. The lowest BCUT2D eigenvalue weighted by Gasteiger charge is -2.43. The van der Waals surface area contributed by atoms with Crippen LogP contribution in [0.25, 0.3) is 0 Å². The second-order valence-corrected chi connectivity index (χ2v) is 7.67. The fourth-order valence-corrected chi connectivity index (χ4v) is 4.83. The van der Waals surface area contributed by atoms with Crippen molar-refractivity contribution in [2.75, 3.05) is 26.7 Å². The van der Waals surface area contributed by atoms with Gasteiger partial charge in [-0.1, -0.05) is 6.92 Å². The summed E-state index contributed by atoms with van der Waals surface area (Å²) in [6.07, 6.45) is 5.92. The first-order valence-electron chi connectivity index (χ1n) is 7.45. The van der Waals surface area contributed by atoms with E-state index in [0.717, 1.165) is 45.1 Å². The van der Waals surface area contributed by atoms with Crippen LogP contribution in [0.5, 0.6) is 0 Å². The maximum atomic E-state index is 12.4. The van der Waals surface area contributed by atoms with Gasteiger partial charge in [0.2, 0.25) is 0 Å². The molecule has 19 heavy (non-hydrogen) atoms. The van der Waals surface area contributed by atoms with Gasteiger partial charge in [-0.05, 0) is 58.0 Å². The number of hydrogen-bond donors (Lipinski definition) is 2. The fraction of sp³-hybridized carbons (Fsp3) is 1.00. The van der Waals surface area contributed by atoms with E-state index < -0.39 is 10.2 Å². The molecule has 1 aliphatic heterocycles. The molecule has 0 aromatic carbocycles. The van der Waals surface area contributed by atoms with Gasteiger partial charge in [0.15, 0.2) is 0 Å². The molecule has 0 atom stereocenters. The van der Waals surface area contributed by atoms with Crippen molar-refractivity contribution in [1.82, 2.24) is 14.3 Å². The number of nitrogens with zero attached hydrogens (tertiary/aromatic N) is 1. The van der Waals surface area contributed by atoms with Crippen LogP contribution in [-0.2, 0) is 10.2 Å². The molecular formula is C13H27N3O2S. The molecule has 0 amide bonds. The highest BCUT2D eigenvalue weighted by molar-refractivity contribution is 7.87. The molecule has 1 aliphatic carbocycles. The highest BCUT2D eigenvalue weighted by Gasteiger charge is 2.40. The van der Waals surface area contributed by atoms with E-state index in [-0.39, 0.29) is 5.54 Å². The molecule has 2 fully saturated rings. The van der Waals surface area contributed by atoms with E-state index in [2.05, 4.69) is 17.0 Å². The summed E-state index contributed by atoms with van der Waals surface area (Å²) in [7, 11) is -1.34. The van der Waals surface area contributed by atoms with E-state index in [1.54, 1.807) is 4.31 Å². The summed E-state index contributed by atoms with van der Waals surface area (Å²) in [5.41, 5.74) is -0.152. The number of nitrogens with one attached hydrogen (secondary N) is 2. The second kappa shape index (κ2) is 6.08. The Morgan fingerprint density at radius 2 is 1.89 bits per heavy atom. The summed E-state index contributed by atoms with van der Waals surface area (Å²) in [5, 5.41) is 3.17. The van der Waals surface area contributed by atoms with Crippen LogP contribution in [0.1, 0.15) is 45.4 Å². The Bertz CT molecular complexity index is 379. The van der Waals surface area contributed by atoms with Crippen molar-refractivity contribution >= 4 is 10.2 Å². The first-order chi connectivity index (χ1) is 9.01. The number of piperidine rings is 1. The molecular weight excluding hydrogens is 262 g/mol. The highest BCUT2D eigenvalue weighted by Crippen LogP contribution is 2.35. The molecule has 1 heterocycles. The van der Waals surface area contributed by atoms with Crippen molar-refractivity contribution in [1.29, 1.82) is 0 Å². The predicted octanol–water partition coefficient (Wildman–Crippen LogP) is 1.08. The third kappa shape index (κ3) is 3.48. The summed E-state index contributed by atoms with van der Waals surface area (Å²) in [6.45, 7) is 4.37. The predicted molar refractivity (Wildman–Crippen MR) is 77.2 cm³/mol. The fourth-order valence-electron chi connectivity index (χ4n) is 3.11. The summed E-state index contributed by atoms with van der Waals surface area (Å²) >= 11 is 0. The van der Waals surface area contributed by atoms with E-state index >= 15 is 0 Å². The van der Waals surface area contributed by atoms with Gasteiger partial charge in [0.1, 0.15) is 0 Å². The van der Waals surface area contributed by atoms with Gasteiger partial charge in [0.25, 0.3) is 10.2 Å². The summed E-state index contributed by atoms with van der Waals surface area (Å²) in [5.74, 6) is 0.611. The highest BCUT2D eigenvalue weighted by atomic mass is 32.2. The van der Waals surface area contributed by atoms with E-state index in [4.69, 9.17) is 0 Å². The molecule has 0 radical (unpaired) electrons. The number of hydrogen-bond acceptors (Lipinski definition) is 3. The van der Waals surface area contributed by atoms with Gasteiger partial charge >= 0.3 is 0 Å². The van der Waals surface area contributed by atoms with E-state index in [1.165, 1.54) is 0 Å². The Morgan fingerprint density at radius 1 is 1.26 bits per heavy atom. The zero-order valence-corrected chi connectivity index (χ0v) is 12.9. The lowest BCUT2D eigenvalue weighted by atomic mass is 9.76. The largest absolute Gasteiger partial charge is 0.319 e. The average molecular weight is 289 g/mol. The van der Waals surface area contributed by atoms with Crippen LogP contribution in [-0.4, -0.2) is 44.9 Å². The van der Waals surface area contributed by atoms with Crippen molar-refractivity contribution in [3.05, 3.63) is 0 Å². The van der Waals surface area contributed by atoms with E-state index in [1.807, 2.05) is 7.05 Å². The monoisotopic (exact) mass is 289 g/mol. The normalized spacial score (nSPS) is 25.2. The molecule has 2 N–H and O–H groups in total. The molecule has 1 saturated carbocycles. The molecule has 2 aliphatic rings. The number of rotatable bonds is 6. The maximum Gasteiger partial charge on any atom is 0.279 e. The van der Waals surface area contributed by atoms with Gasteiger partial charge in [0.05, 0.1) is 0 Å². The quantitative estimate of drug-likeness (QED) is 0.769. The van der Waals surface area contributed by atoms with Crippen molar-refractivity contribution < 1.29 is 8.42 Å². The van der Waals surface area contributed by atoms with Gasteiger partial charge in [-0.25, -0.2) is 0 Å². The van der Waals surface area contributed by atoms with E-state index in [0.29, 0.717) is 19.0 Å². The minimum Gasteiger partial charge on any atom is -0.319 e. The molecule has 0 spiro atoms. The van der Waals surface area contributed by atoms with Crippen molar-refractivity contribution in [3.63, 3.8) is 0 Å². The Labute approximate surface area is 117 Å². The van der Waals surface area contributed by atoms with Gasteiger partial charge in [-0.3, -0.25) is 0 Å². The van der Waals surface area contributed by atoms with Crippen LogP contribution >= 0.6 is 0 Å². The zero-order valence-electron chi connectivity index (χ0n) is 12.1. The molecule has 112 valence electrons. The molecule has 0 unspecified atom stereocenters. The van der Waals surface area contributed by atoms with Crippen molar-refractivity contribution in [2.45, 2.75) is 51.0 Å². The van der Waals surface area contributed by atoms with Gasteiger partial charge in [0, 0.05) is 18.6 Å². The van der Waals surface area contributed by atoms with Crippen LogP contribution in [0, 0.1) is 5.92 Å². The minimum atomic E-state index is -3.29. The zero-order chi connectivity index (χ0) is 13.9. The summed E-state index contributed by atoms with van der Waals surface area (Å²) in [4.78, 5) is 0. The lowest BCUT2D eigenvalue weighted by molar-refractivity contribution is 0.201. The van der Waals surface area contributed by atoms with Gasteiger partial charge < -0.3 is 5.32 Å². The third-order valence-electron chi connectivity index (χ3n) is 4.74. The van der Waals surface area contributed by atoms with Gasteiger partial charge in [-0.2, -0.15) is 17.4 Å². The second-order valence-electron chi connectivity index (χ2n) is 5.99. The SMILES string of the molecule is CCC1(NS(=O)(=O)N2CCC(CNC)CC2)CCC1. The standard InChI is InChI=1S/C13H27N3O2S/c1-3-13(7-4-8-13)15-19(17,18)16-9-5-12(6-10-16)11-14-2/h12,14-15H,3-11H2,1-2H3. The Balaban J connectivity index is 1.90. The van der Waals surface area contributed by atoms with Crippen LogP contribution in [0.15, 0.2) is 0 Å². The van der Waals surface area contributed by atoms with E-state index in [9.17, 15) is 8.42 Å². The lowest BCUT2D eigenvalue weighted by Crippen LogP contribution is -2.57. The smallest absolute Gasteiger partial charge is 0.279 e. The van der Waals surface area contributed by atoms with Crippen LogP contribution in [0.2, 0.25) is 0 Å². The van der Waals surface area contributed by atoms with Crippen LogP contribution in [0.3, 0.4) is 0 Å². The summed E-state index contributed by atoms with van der Waals surface area (Å²) in [6, 6.07) is 0. The molecule has 6 heteroatoms. The Kier molecular flexibility index (Phi) is 4.87. The average Bonchev–Trinajstić information content (AvgIpc) is 2.35. The van der Waals surface area contributed by atoms with Gasteiger partial charge in [-0.15, -0.1) is 0 Å².